The summed E-state index contributed by atoms with van der Waals surface area (Å²) < 4.78 is 15.7. The predicted octanol–water partition coefficient (Wildman–Crippen LogP) is 4.44. The highest BCUT2D eigenvalue weighted by Gasteiger charge is 2.24. The SMILES string of the molecule is Cc1cccc(Nc2nn(C3CCCC3)c3nc(F)nc(C)c23)c1. The number of rotatable bonds is 3. The van der Waals surface area contributed by atoms with Crippen LogP contribution in [0.3, 0.4) is 0 Å². The Bertz CT molecular complexity index is 896. The third kappa shape index (κ3) is 2.62. The average molecular weight is 325 g/mol. The number of halogens is 1. The Labute approximate surface area is 139 Å². The molecule has 124 valence electrons. The molecule has 1 saturated carbocycles. The minimum absolute atomic E-state index is 0.286. The molecule has 0 spiro atoms. The minimum atomic E-state index is -0.693. The highest BCUT2D eigenvalue weighted by atomic mass is 19.1. The first-order valence-electron chi connectivity index (χ1n) is 8.38. The summed E-state index contributed by atoms with van der Waals surface area (Å²) in [4.78, 5) is 7.93. The topological polar surface area (TPSA) is 55.6 Å². The van der Waals surface area contributed by atoms with E-state index in [1.807, 2.05) is 29.8 Å². The van der Waals surface area contributed by atoms with Crippen LogP contribution in [0, 0.1) is 19.9 Å². The van der Waals surface area contributed by atoms with Crippen molar-refractivity contribution in [3.63, 3.8) is 0 Å². The van der Waals surface area contributed by atoms with Gasteiger partial charge in [-0.05, 0) is 44.4 Å². The van der Waals surface area contributed by atoms with E-state index in [0.717, 1.165) is 23.9 Å². The van der Waals surface area contributed by atoms with Gasteiger partial charge in [0.05, 0.1) is 17.1 Å². The molecule has 5 nitrogen and oxygen atoms in total. The van der Waals surface area contributed by atoms with E-state index in [1.54, 1.807) is 6.92 Å². The third-order valence-electron chi connectivity index (χ3n) is 4.66. The van der Waals surface area contributed by atoms with E-state index in [4.69, 9.17) is 5.10 Å². The minimum Gasteiger partial charge on any atom is -0.338 e. The normalized spacial score (nSPS) is 15.3. The van der Waals surface area contributed by atoms with Gasteiger partial charge in [-0.3, -0.25) is 0 Å². The monoisotopic (exact) mass is 325 g/mol. The number of nitrogens with zero attached hydrogens (tertiary/aromatic N) is 4. The fourth-order valence-electron chi connectivity index (χ4n) is 3.52. The van der Waals surface area contributed by atoms with Gasteiger partial charge in [0.1, 0.15) is 0 Å². The molecule has 24 heavy (non-hydrogen) atoms. The zero-order chi connectivity index (χ0) is 16.7. The quantitative estimate of drug-likeness (QED) is 0.723. The van der Waals surface area contributed by atoms with Gasteiger partial charge in [0, 0.05) is 5.69 Å². The lowest BCUT2D eigenvalue weighted by Gasteiger charge is -2.10. The third-order valence-corrected chi connectivity index (χ3v) is 4.66. The summed E-state index contributed by atoms with van der Waals surface area (Å²) in [6, 6.07) is 8.38. The highest BCUT2D eigenvalue weighted by Crippen LogP contribution is 2.35. The molecule has 1 N–H and O–H groups in total. The zero-order valence-corrected chi connectivity index (χ0v) is 13.9. The van der Waals surface area contributed by atoms with E-state index in [0.29, 0.717) is 17.2 Å². The number of fused-ring (bicyclic) bond motifs is 1. The molecular weight excluding hydrogens is 305 g/mol. The lowest BCUT2D eigenvalue weighted by molar-refractivity contribution is 0.473. The first kappa shape index (κ1) is 15.1. The molecule has 6 heteroatoms. The van der Waals surface area contributed by atoms with Crippen LogP contribution < -0.4 is 5.32 Å². The van der Waals surface area contributed by atoms with Crippen LogP contribution in [0.25, 0.3) is 11.0 Å². The molecule has 4 rings (SSSR count). The van der Waals surface area contributed by atoms with Gasteiger partial charge in [0.2, 0.25) is 0 Å². The van der Waals surface area contributed by atoms with E-state index in [9.17, 15) is 4.39 Å². The largest absolute Gasteiger partial charge is 0.338 e. The van der Waals surface area contributed by atoms with Gasteiger partial charge in [-0.25, -0.2) is 9.67 Å². The number of aromatic nitrogens is 4. The number of anilines is 2. The van der Waals surface area contributed by atoms with Crippen molar-refractivity contribution in [2.45, 2.75) is 45.6 Å². The Hall–Kier alpha value is -2.50. The van der Waals surface area contributed by atoms with Crippen molar-refractivity contribution in [2.24, 2.45) is 0 Å². The average Bonchev–Trinajstić information content (AvgIpc) is 3.15. The second kappa shape index (κ2) is 5.85. The van der Waals surface area contributed by atoms with Crippen LogP contribution in [0.4, 0.5) is 15.9 Å². The predicted molar refractivity (Wildman–Crippen MR) is 92.0 cm³/mol. The molecule has 1 aliphatic carbocycles. The summed E-state index contributed by atoms with van der Waals surface area (Å²) in [6.45, 7) is 3.85. The van der Waals surface area contributed by atoms with Crippen LogP contribution in [0.2, 0.25) is 0 Å². The first-order valence-corrected chi connectivity index (χ1v) is 8.38. The molecule has 2 heterocycles. The molecule has 0 radical (unpaired) electrons. The van der Waals surface area contributed by atoms with E-state index < -0.39 is 6.08 Å². The summed E-state index contributed by atoms with van der Waals surface area (Å²) in [5, 5.41) is 8.89. The van der Waals surface area contributed by atoms with E-state index in [1.165, 1.54) is 18.4 Å². The Morgan fingerprint density at radius 1 is 1.17 bits per heavy atom. The maximum absolute atomic E-state index is 13.8. The second-order valence-corrected chi connectivity index (χ2v) is 6.50. The maximum Gasteiger partial charge on any atom is 0.310 e. The number of hydrogen-bond acceptors (Lipinski definition) is 4. The van der Waals surface area contributed by atoms with Gasteiger partial charge in [0.25, 0.3) is 0 Å². The first-order chi connectivity index (χ1) is 11.6. The van der Waals surface area contributed by atoms with E-state index in [2.05, 4.69) is 21.4 Å². The van der Waals surface area contributed by atoms with Gasteiger partial charge in [0.15, 0.2) is 11.5 Å². The molecule has 1 aliphatic rings. The van der Waals surface area contributed by atoms with Crippen molar-refractivity contribution in [1.29, 1.82) is 0 Å². The Morgan fingerprint density at radius 2 is 1.96 bits per heavy atom. The van der Waals surface area contributed by atoms with Crippen LogP contribution >= 0.6 is 0 Å². The summed E-state index contributed by atoms with van der Waals surface area (Å²) >= 11 is 0. The molecular formula is C18H20FN5. The van der Waals surface area contributed by atoms with Crippen molar-refractivity contribution >= 4 is 22.5 Å². The smallest absolute Gasteiger partial charge is 0.310 e. The van der Waals surface area contributed by atoms with Crippen molar-refractivity contribution < 1.29 is 4.39 Å². The standard InChI is InChI=1S/C18H20FN5/c1-11-6-5-7-13(10-11)21-16-15-12(2)20-18(19)22-17(15)24(23-16)14-8-3-4-9-14/h5-7,10,14H,3-4,8-9H2,1-2H3,(H,21,23). The van der Waals surface area contributed by atoms with Gasteiger partial charge < -0.3 is 5.32 Å². The lowest BCUT2D eigenvalue weighted by Crippen LogP contribution is -2.08. The van der Waals surface area contributed by atoms with Gasteiger partial charge in [-0.2, -0.15) is 14.5 Å². The van der Waals surface area contributed by atoms with E-state index in [-0.39, 0.29) is 6.04 Å². The molecule has 0 bridgehead atoms. The van der Waals surface area contributed by atoms with Crippen LogP contribution in [-0.4, -0.2) is 19.7 Å². The van der Waals surface area contributed by atoms with Crippen LogP contribution in [0.1, 0.15) is 43.0 Å². The summed E-state index contributed by atoms with van der Waals surface area (Å²) in [7, 11) is 0. The fourth-order valence-corrected chi connectivity index (χ4v) is 3.52. The van der Waals surface area contributed by atoms with Crippen molar-refractivity contribution in [3.05, 3.63) is 41.6 Å². The fraction of sp³-hybridized carbons (Fsp3) is 0.389. The molecule has 0 atom stereocenters. The lowest BCUT2D eigenvalue weighted by atomic mass is 10.2. The molecule has 3 aromatic rings. The summed E-state index contributed by atoms with van der Waals surface area (Å²) in [5.74, 6) is 0.694. The van der Waals surface area contributed by atoms with Gasteiger partial charge in [-0.1, -0.05) is 25.0 Å². The summed E-state index contributed by atoms with van der Waals surface area (Å²) in [6.07, 6.45) is 3.79. The van der Waals surface area contributed by atoms with Gasteiger partial charge >= 0.3 is 6.08 Å². The van der Waals surface area contributed by atoms with Crippen LogP contribution in [0.15, 0.2) is 24.3 Å². The Balaban J connectivity index is 1.85. The second-order valence-electron chi connectivity index (χ2n) is 6.50. The number of aryl methyl sites for hydroxylation is 2. The number of nitrogens with one attached hydrogen (secondary N) is 1. The number of hydrogen-bond donors (Lipinski definition) is 1. The van der Waals surface area contributed by atoms with Crippen LogP contribution in [-0.2, 0) is 0 Å². The molecule has 0 aliphatic heterocycles. The van der Waals surface area contributed by atoms with Crippen molar-refractivity contribution in [3.8, 4) is 0 Å². The summed E-state index contributed by atoms with van der Waals surface area (Å²) in [5.41, 5.74) is 3.31. The molecule has 0 amide bonds. The zero-order valence-electron chi connectivity index (χ0n) is 13.9. The molecule has 1 fully saturated rings. The maximum atomic E-state index is 13.8. The van der Waals surface area contributed by atoms with E-state index >= 15 is 0 Å². The molecule has 1 aromatic carbocycles. The molecule has 0 saturated heterocycles. The Morgan fingerprint density at radius 3 is 2.71 bits per heavy atom. The van der Waals surface area contributed by atoms with Crippen LogP contribution in [0.5, 0.6) is 0 Å². The molecule has 2 aromatic heterocycles. The molecule has 0 unspecified atom stereocenters. The number of benzene rings is 1. The van der Waals surface area contributed by atoms with Crippen molar-refractivity contribution in [2.75, 3.05) is 5.32 Å². The Kier molecular flexibility index (Phi) is 3.67. The van der Waals surface area contributed by atoms with Crippen molar-refractivity contribution in [1.82, 2.24) is 19.7 Å². The van der Waals surface area contributed by atoms with Gasteiger partial charge in [-0.15, -0.1) is 0 Å². The highest BCUT2D eigenvalue weighted by molar-refractivity contribution is 5.91.